The average Bonchev–Trinajstić information content (AvgIpc) is 2.37. The second-order valence-corrected chi connectivity index (χ2v) is 2.70. The van der Waals surface area contributed by atoms with Crippen LogP contribution in [0.25, 0.3) is 0 Å². The standard InChI is InChI=1S/C7H10NO3/c9-4-3-8-2-1-6(5-8)7(10)11/h6H,1-3,5H2,(H,10,11). The van der Waals surface area contributed by atoms with Gasteiger partial charge in [-0.2, -0.15) is 0 Å². The molecule has 0 aromatic heterocycles. The van der Waals surface area contributed by atoms with Gasteiger partial charge in [0.2, 0.25) is 6.29 Å². The number of carboxylic acids is 1. The Morgan fingerprint density at radius 1 is 1.73 bits per heavy atom. The molecule has 1 atom stereocenters. The minimum absolute atomic E-state index is 0.240. The van der Waals surface area contributed by atoms with Crippen LogP contribution >= 0.6 is 0 Å². The van der Waals surface area contributed by atoms with E-state index in [0.29, 0.717) is 19.5 Å². The summed E-state index contributed by atoms with van der Waals surface area (Å²) in [6.45, 7) is 1.43. The minimum Gasteiger partial charge on any atom is -0.481 e. The fraction of sp³-hybridized carbons (Fsp3) is 0.714. The van der Waals surface area contributed by atoms with Crippen LogP contribution in [0.2, 0.25) is 0 Å². The predicted molar refractivity (Wildman–Crippen MR) is 37.9 cm³/mol. The van der Waals surface area contributed by atoms with Crippen molar-refractivity contribution in [2.24, 2.45) is 5.92 Å². The van der Waals surface area contributed by atoms with E-state index in [1.54, 1.807) is 11.2 Å². The van der Waals surface area contributed by atoms with E-state index >= 15 is 0 Å². The number of hydrogen-bond acceptors (Lipinski definition) is 3. The molecule has 0 aromatic carbocycles. The molecule has 1 N–H and O–H groups in total. The van der Waals surface area contributed by atoms with Gasteiger partial charge in [-0.15, -0.1) is 0 Å². The molecule has 1 aliphatic heterocycles. The van der Waals surface area contributed by atoms with E-state index in [2.05, 4.69) is 0 Å². The van der Waals surface area contributed by atoms with E-state index < -0.39 is 5.97 Å². The van der Waals surface area contributed by atoms with Gasteiger partial charge < -0.3 is 5.11 Å². The first-order valence-electron chi connectivity index (χ1n) is 3.54. The van der Waals surface area contributed by atoms with Gasteiger partial charge in [-0.3, -0.25) is 14.5 Å². The average molecular weight is 156 g/mol. The summed E-state index contributed by atoms with van der Waals surface area (Å²) in [6, 6.07) is 0. The molecule has 0 aromatic rings. The van der Waals surface area contributed by atoms with Crippen LogP contribution in [0.4, 0.5) is 0 Å². The van der Waals surface area contributed by atoms with Gasteiger partial charge in [-0.05, 0) is 13.0 Å². The molecule has 0 amide bonds. The van der Waals surface area contributed by atoms with Crippen LogP contribution in [0, 0.1) is 5.92 Å². The van der Waals surface area contributed by atoms with Crippen molar-refractivity contribution < 1.29 is 14.7 Å². The van der Waals surface area contributed by atoms with Crippen molar-refractivity contribution in [3.8, 4) is 0 Å². The number of carbonyl (C=O) groups excluding carboxylic acids is 1. The van der Waals surface area contributed by atoms with Crippen molar-refractivity contribution in [3.05, 3.63) is 0 Å². The third kappa shape index (κ3) is 2.01. The Bertz CT molecular complexity index is 169. The highest BCUT2D eigenvalue weighted by Gasteiger charge is 2.27. The van der Waals surface area contributed by atoms with E-state index in [9.17, 15) is 9.59 Å². The fourth-order valence-electron chi connectivity index (χ4n) is 1.27. The summed E-state index contributed by atoms with van der Waals surface area (Å²) in [5.41, 5.74) is 0. The Kier molecular flexibility index (Phi) is 2.59. The van der Waals surface area contributed by atoms with Crippen LogP contribution in [0.5, 0.6) is 0 Å². The van der Waals surface area contributed by atoms with E-state index in [-0.39, 0.29) is 12.5 Å². The number of aliphatic carboxylic acids is 1. The summed E-state index contributed by atoms with van der Waals surface area (Å²) < 4.78 is 0. The highest BCUT2D eigenvalue weighted by molar-refractivity contribution is 5.70. The van der Waals surface area contributed by atoms with Gasteiger partial charge in [-0.1, -0.05) is 0 Å². The lowest BCUT2D eigenvalue weighted by Crippen LogP contribution is -2.24. The normalized spacial score (nSPS) is 25.3. The molecule has 61 valence electrons. The van der Waals surface area contributed by atoms with Gasteiger partial charge in [0.25, 0.3) is 0 Å². The second kappa shape index (κ2) is 3.48. The molecule has 11 heavy (non-hydrogen) atoms. The van der Waals surface area contributed by atoms with Crippen LogP contribution in [-0.2, 0) is 9.59 Å². The van der Waals surface area contributed by atoms with Gasteiger partial charge in [0.05, 0.1) is 12.5 Å². The highest BCUT2D eigenvalue weighted by atomic mass is 16.4. The lowest BCUT2D eigenvalue weighted by molar-refractivity contribution is -0.141. The van der Waals surface area contributed by atoms with Crippen molar-refractivity contribution >= 4 is 12.3 Å². The molecule has 1 radical (unpaired) electrons. The van der Waals surface area contributed by atoms with E-state index in [0.717, 1.165) is 0 Å². The second-order valence-electron chi connectivity index (χ2n) is 2.70. The predicted octanol–water partition coefficient (Wildman–Crippen LogP) is -0.497. The Hall–Kier alpha value is -0.900. The summed E-state index contributed by atoms with van der Waals surface area (Å²) in [5.74, 6) is -1.05. The minimum atomic E-state index is -0.765. The Labute approximate surface area is 64.8 Å². The van der Waals surface area contributed by atoms with Crippen LogP contribution in [0.1, 0.15) is 6.42 Å². The molecule has 1 rings (SSSR count). The third-order valence-corrected chi connectivity index (χ3v) is 1.91. The fourth-order valence-corrected chi connectivity index (χ4v) is 1.27. The van der Waals surface area contributed by atoms with E-state index in [1.165, 1.54) is 0 Å². The Morgan fingerprint density at radius 2 is 2.45 bits per heavy atom. The number of carboxylic acid groups (broad SMARTS) is 1. The summed E-state index contributed by atoms with van der Waals surface area (Å²) in [7, 11) is 0. The molecule has 0 saturated carbocycles. The molecule has 1 unspecified atom stereocenters. The van der Waals surface area contributed by atoms with Crippen LogP contribution in [0.3, 0.4) is 0 Å². The van der Waals surface area contributed by atoms with Crippen LogP contribution < -0.4 is 0 Å². The summed E-state index contributed by atoms with van der Waals surface area (Å²) in [5, 5.41) is 8.57. The monoisotopic (exact) mass is 156 g/mol. The van der Waals surface area contributed by atoms with Crippen molar-refractivity contribution in [1.29, 1.82) is 0 Å². The maximum Gasteiger partial charge on any atom is 0.307 e. The number of carbonyl (C=O) groups is 1. The van der Waals surface area contributed by atoms with Crippen molar-refractivity contribution in [2.45, 2.75) is 6.42 Å². The third-order valence-electron chi connectivity index (χ3n) is 1.91. The van der Waals surface area contributed by atoms with Crippen molar-refractivity contribution in [1.82, 2.24) is 4.90 Å². The first-order valence-corrected chi connectivity index (χ1v) is 3.54. The molecule has 1 saturated heterocycles. The molecule has 0 aliphatic carbocycles. The molecule has 1 aliphatic rings. The molecule has 4 heteroatoms. The first kappa shape index (κ1) is 8.20. The molecule has 0 bridgehead atoms. The largest absolute Gasteiger partial charge is 0.481 e. The molecule has 0 spiro atoms. The summed E-state index contributed by atoms with van der Waals surface area (Å²) >= 11 is 0. The maximum absolute atomic E-state index is 10.4. The molecule has 4 nitrogen and oxygen atoms in total. The molecular formula is C7H10NO3. The number of rotatable bonds is 3. The van der Waals surface area contributed by atoms with Gasteiger partial charge >= 0.3 is 5.97 Å². The zero-order chi connectivity index (χ0) is 8.27. The van der Waals surface area contributed by atoms with E-state index in [1.807, 2.05) is 0 Å². The molecule has 1 fully saturated rings. The van der Waals surface area contributed by atoms with Gasteiger partial charge in [0, 0.05) is 6.54 Å². The number of likely N-dealkylation sites (tertiary alicyclic amines) is 1. The highest BCUT2D eigenvalue weighted by Crippen LogP contribution is 2.14. The number of hydrogen-bond donors (Lipinski definition) is 1. The van der Waals surface area contributed by atoms with Crippen molar-refractivity contribution in [2.75, 3.05) is 19.6 Å². The van der Waals surface area contributed by atoms with Crippen molar-refractivity contribution in [3.63, 3.8) is 0 Å². The summed E-state index contributed by atoms with van der Waals surface area (Å²) in [6.07, 6.45) is 2.40. The van der Waals surface area contributed by atoms with Crippen LogP contribution in [-0.4, -0.2) is 41.9 Å². The topological polar surface area (TPSA) is 57.6 Å². The lowest BCUT2D eigenvalue weighted by Gasteiger charge is -2.08. The lowest BCUT2D eigenvalue weighted by atomic mass is 10.1. The SMILES string of the molecule is O=[C]CN1CCC(C(=O)O)C1. The quantitative estimate of drug-likeness (QED) is 0.598. The van der Waals surface area contributed by atoms with Gasteiger partial charge in [-0.25, -0.2) is 0 Å². The zero-order valence-electron chi connectivity index (χ0n) is 6.12. The first-order chi connectivity index (χ1) is 5.24. The maximum atomic E-state index is 10.4. The molecule has 1 heterocycles. The summed E-state index contributed by atoms with van der Waals surface area (Å²) in [4.78, 5) is 22.1. The molecular weight excluding hydrogens is 146 g/mol. The number of nitrogens with zero attached hydrogens (tertiary/aromatic N) is 1. The zero-order valence-corrected chi connectivity index (χ0v) is 6.12. The smallest absolute Gasteiger partial charge is 0.307 e. The van der Waals surface area contributed by atoms with Gasteiger partial charge in [0.1, 0.15) is 0 Å². The Morgan fingerprint density at radius 3 is 2.91 bits per heavy atom. The van der Waals surface area contributed by atoms with E-state index in [4.69, 9.17) is 5.11 Å². The Balaban J connectivity index is 2.34. The van der Waals surface area contributed by atoms with Gasteiger partial charge in [0.15, 0.2) is 0 Å². The van der Waals surface area contributed by atoms with Crippen LogP contribution in [0.15, 0.2) is 0 Å².